The highest BCUT2D eigenvalue weighted by molar-refractivity contribution is 5.40. The zero-order valence-electron chi connectivity index (χ0n) is 10.9. The fraction of sp³-hybridized carbons (Fsp3) is 0.571. The summed E-state index contributed by atoms with van der Waals surface area (Å²) in [5.74, 6) is 2.27. The molecule has 0 unspecified atom stereocenters. The zero-order chi connectivity index (χ0) is 12.8. The van der Waals surface area contributed by atoms with Gasteiger partial charge in [0.05, 0.1) is 13.7 Å². The van der Waals surface area contributed by atoms with Crippen LogP contribution in [0.3, 0.4) is 0 Å². The summed E-state index contributed by atoms with van der Waals surface area (Å²) in [6, 6.07) is 5.76. The van der Waals surface area contributed by atoms with Gasteiger partial charge in [-0.1, -0.05) is 0 Å². The van der Waals surface area contributed by atoms with Crippen molar-refractivity contribution < 1.29 is 14.2 Å². The van der Waals surface area contributed by atoms with Gasteiger partial charge in [0.15, 0.2) is 0 Å². The summed E-state index contributed by atoms with van der Waals surface area (Å²) in [5, 5.41) is 0. The maximum absolute atomic E-state index is 5.88. The molecule has 100 valence electrons. The largest absolute Gasteiger partial charge is 0.497 e. The summed E-state index contributed by atoms with van der Waals surface area (Å²) in [4.78, 5) is 0. The Balaban J connectivity index is 1.95. The molecule has 0 spiro atoms. The summed E-state index contributed by atoms with van der Waals surface area (Å²) in [6.45, 7) is 2.89. The summed E-state index contributed by atoms with van der Waals surface area (Å²) in [7, 11) is 1.65. The van der Waals surface area contributed by atoms with Crippen LogP contribution in [0.2, 0.25) is 0 Å². The van der Waals surface area contributed by atoms with Gasteiger partial charge in [0.2, 0.25) is 0 Å². The van der Waals surface area contributed by atoms with Crippen molar-refractivity contribution in [3.63, 3.8) is 0 Å². The molecule has 4 heteroatoms. The van der Waals surface area contributed by atoms with E-state index < -0.39 is 0 Å². The Bertz CT molecular complexity index is 375. The third kappa shape index (κ3) is 3.37. The maximum Gasteiger partial charge on any atom is 0.124 e. The molecule has 4 nitrogen and oxygen atoms in total. The lowest BCUT2D eigenvalue weighted by Gasteiger charge is -2.22. The quantitative estimate of drug-likeness (QED) is 0.869. The molecule has 1 aromatic rings. The second-order valence-electron chi connectivity index (χ2n) is 4.54. The second-order valence-corrected chi connectivity index (χ2v) is 4.54. The van der Waals surface area contributed by atoms with E-state index in [0.717, 1.165) is 49.7 Å². The Kier molecular flexibility index (Phi) is 4.84. The van der Waals surface area contributed by atoms with E-state index in [9.17, 15) is 0 Å². The molecule has 0 radical (unpaired) electrons. The van der Waals surface area contributed by atoms with E-state index in [1.165, 1.54) is 0 Å². The molecule has 1 fully saturated rings. The first-order valence-corrected chi connectivity index (χ1v) is 6.41. The number of rotatable bonds is 5. The first-order chi connectivity index (χ1) is 8.83. The first kappa shape index (κ1) is 13.2. The Labute approximate surface area is 108 Å². The predicted molar refractivity (Wildman–Crippen MR) is 69.9 cm³/mol. The van der Waals surface area contributed by atoms with Crippen LogP contribution in [0.15, 0.2) is 18.2 Å². The van der Waals surface area contributed by atoms with Crippen LogP contribution in [0, 0.1) is 5.92 Å². The van der Waals surface area contributed by atoms with Gasteiger partial charge in [-0.15, -0.1) is 0 Å². The van der Waals surface area contributed by atoms with Crippen LogP contribution in [0.5, 0.6) is 11.5 Å². The van der Waals surface area contributed by atoms with E-state index in [1.54, 1.807) is 7.11 Å². The van der Waals surface area contributed by atoms with Gasteiger partial charge in [0, 0.05) is 25.3 Å². The minimum absolute atomic E-state index is 0.459. The molecule has 1 saturated heterocycles. The van der Waals surface area contributed by atoms with Crippen LogP contribution in [0.25, 0.3) is 0 Å². The summed E-state index contributed by atoms with van der Waals surface area (Å²) in [6.07, 6.45) is 2.15. The molecule has 2 N–H and O–H groups in total. The first-order valence-electron chi connectivity index (χ1n) is 6.41. The third-order valence-electron chi connectivity index (χ3n) is 3.30. The molecule has 0 atom stereocenters. The lowest BCUT2D eigenvalue weighted by molar-refractivity contribution is 0.0496. The van der Waals surface area contributed by atoms with Crippen molar-refractivity contribution in [1.82, 2.24) is 0 Å². The van der Waals surface area contributed by atoms with Crippen molar-refractivity contribution >= 4 is 0 Å². The molecular weight excluding hydrogens is 230 g/mol. The molecule has 18 heavy (non-hydrogen) atoms. The number of methoxy groups -OCH3 is 1. The van der Waals surface area contributed by atoms with Gasteiger partial charge >= 0.3 is 0 Å². The second kappa shape index (κ2) is 6.61. The molecular formula is C14H21NO3. The van der Waals surface area contributed by atoms with Crippen LogP contribution in [0.1, 0.15) is 18.4 Å². The fourth-order valence-corrected chi connectivity index (χ4v) is 2.10. The van der Waals surface area contributed by atoms with Crippen LogP contribution < -0.4 is 15.2 Å². The van der Waals surface area contributed by atoms with E-state index in [0.29, 0.717) is 12.5 Å². The number of ether oxygens (including phenoxy) is 3. The highest BCUT2D eigenvalue weighted by Gasteiger charge is 2.15. The van der Waals surface area contributed by atoms with Crippen LogP contribution in [-0.2, 0) is 11.3 Å². The highest BCUT2D eigenvalue weighted by atomic mass is 16.5. The van der Waals surface area contributed by atoms with E-state index in [-0.39, 0.29) is 0 Å². The minimum Gasteiger partial charge on any atom is -0.497 e. The van der Waals surface area contributed by atoms with Gasteiger partial charge in [-0.2, -0.15) is 0 Å². The van der Waals surface area contributed by atoms with Gasteiger partial charge in [-0.05, 0) is 37.0 Å². The molecule has 1 aliphatic rings. The Morgan fingerprint density at radius 3 is 2.78 bits per heavy atom. The van der Waals surface area contributed by atoms with Crippen molar-refractivity contribution in [2.24, 2.45) is 11.7 Å². The summed E-state index contributed by atoms with van der Waals surface area (Å²) < 4.78 is 16.4. The van der Waals surface area contributed by atoms with E-state index in [2.05, 4.69) is 0 Å². The number of nitrogens with two attached hydrogens (primary N) is 1. The third-order valence-corrected chi connectivity index (χ3v) is 3.30. The molecule has 0 bridgehead atoms. The van der Waals surface area contributed by atoms with Gasteiger partial charge in [0.25, 0.3) is 0 Å². The predicted octanol–water partition coefficient (Wildman–Crippen LogP) is 1.96. The Morgan fingerprint density at radius 2 is 2.11 bits per heavy atom. The monoisotopic (exact) mass is 251 g/mol. The van der Waals surface area contributed by atoms with Gasteiger partial charge in [-0.3, -0.25) is 0 Å². The molecule has 0 aromatic heterocycles. The van der Waals surface area contributed by atoms with Crippen LogP contribution in [0.4, 0.5) is 0 Å². The highest BCUT2D eigenvalue weighted by Crippen LogP contribution is 2.25. The molecule has 0 amide bonds. The molecule has 1 aliphatic heterocycles. The van der Waals surface area contributed by atoms with Crippen LogP contribution in [-0.4, -0.2) is 26.9 Å². The van der Waals surface area contributed by atoms with Crippen molar-refractivity contribution in [2.75, 3.05) is 26.9 Å². The topological polar surface area (TPSA) is 53.7 Å². The van der Waals surface area contributed by atoms with Gasteiger partial charge in [-0.25, -0.2) is 0 Å². The van der Waals surface area contributed by atoms with E-state index >= 15 is 0 Å². The van der Waals surface area contributed by atoms with E-state index in [4.69, 9.17) is 19.9 Å². The number of benzene rings is 1. The minimum atomic E-state index is 0.459. The fourth-order valence-electron chi connectivity index (χ4n) is 2.10. The molecule has 1 heterocycles. The smallest absolute Gasteiger partial charge is 0.124 e. The molecule has 1 aromatic carbocycles. The lowest BCUT2D eigenvalue weighted by Crippen LogP contribution is -2.21. The van der Waals surface area contributed by atoms with Crippen LogP contribution >= 0.6 is 0 Å². The van der Waals surface area contributed by atoms with E-state index in [1.807, 2.05) is 18.2 Å². The van der Waals surface area contributed by atoms with Crippen molar-refractivity contribution in [3.05, 3.63) is 23.8 Å². The Morgan fingerprint density at radius 1 is 1.33 bits per heavy atom. The lowest BCUT2D eigenvalue weighted by atomic mass is 10.0. The summed E-state index contributed by atoms with van der Waals surface area (Å²) >= 11 is 0. The number of hydrogen-bond donors (Lipinski definition) is 1. The SMILES string of the molecule is COc1ccc(OCC2CCOCC2)c(CN)c1. The van der Waals surface area contributed by atoms with Gasteiger partial charge < -0.3 is 19.9 Å². The molecule has 2 rings (SSSR count). The average molecular weight is 251 g/mol. The molecule has 0 aliphatic carbocycles. The average Bonchev–Trinajstić information content (AvgIpc) is 2.46. The maximum atomic E-state index is 5.88. The van der Waals surface area contributed by atoms with Crippen molar-refractivity contribution in [1.29, 1.82) is 0 Å². The standard InChI is InChI=1S/C14H21NO3/c1-16-13-2-3-14(12(8-13)9-15)18-10-11-4-6-17-7-5-11/h2-3,8,11H,4-7,9-10,15H2,1H3. The molecule has 0 saturated carbocycles. The zero-order valence-corrected chi connectivity index (χ0v) is 10.9. The van der Waals surface area contributed by atoms with Crippen molar-refractivity contribution in [3.8, 4) is 11.5 Å². The normalized spacial score (nSPS) is 16.6. The number of hydrogen-bond acceptors (Lipinski definition) is 4. The summed E-state index contributed by atoms with van der Waals surface area (Å²) in [5.41, 5.74) is 6.71. The van der Waals surface area contributed by atoms with Crippen molar-refractivity contribution in [2.45, 2.75) is 19.4 Å². The Hall–Kier alpha value is -1.26. The van der Waals surface area contributed by atoms with Gasteiger partial charge in [0.1, 0.15) is 11.5 Å².